The molecule has 1 aliphatic carbocycles. The van der Waals surface area contributed by atoms with Crippen molar-refractivity contribution in [2.75, 3.05) is 19.8 Å². The lowest BCUT2D eigenvalue weighted by Gasteiger charge is -2.29. The number of fused-ring (bicyclic) bond motifs is 1. The number of aliphatic hydroxyl groups excluding tert-OH is 1. The van der Waals surface area contributed by atoms with Crippen LogP contribution in [0.15, 0.2) is 0 Å². The van der Waals surface area contributed by atoms with Crippen LogP contribution >= 0.6 is 0 Å². The number of amides is 1. The quantitative estimate of drug-likeness (QED) is 0.716. The molecule has 2 aliphatic rings. The third-order valence-corrected chi connectivity index (χ3v) is 2.90. The summed E-state index contributed by atoms with van der Waals surface area (Å²) in [5.41, 5.74) is -0.478. The lowest BCUT2D eigenvalue weighted by molar-refractivity contribution is -0.00892. The summed E-state index contributed by atoms with van der Waals surface area (Å²) in [4.78, 5) is 13.6. The largest absolute Gasteiger partial charge is 0.444 e. The van der Waals surface area contributed by atoms with Crippen molar-refractivity contribution < 1.29 is 19.4 Å². The van der Waals surface area contributed by atoms with E-state index >= 15 is 0 Å². The Hall–Kier alpha value is -0.810. The van der Waals surface area contributed by atoms with Gasteiger partial charge in [-0.1, -0.05) is 0 Å². The van der Waals surface area contributed by atoms with Crippen LogP contribution in [0.4, 0.5) is 4.79 Å². The van der Waals surface area contributed by atoms with Crippen LogP contribution in [0.3, 0.4) is 0 Å². The lowest BCUT2D eigenvalue weighted by Crippen LogP contribution is -2.44. The number of hydrogen-bond acceptors (Lipinski definition) is 4. The van der Waals surface area contributed by atoms with Crippen LogP contribution < -0.4 is 0 Å². The molecule has 92 valence electrons. The Morgan fingerprint density at radius 3 is 2.81 bits per heavy atom. The average Bonchev–Trinajstić information content (AvgIpc) is 2.87. The van der Waals surface area contributed by atoms with Gasteiger partial charge in [-0.25, -0.2) is 4.79 Å². The Labute approximate surface area is 95.3 Å². The summed E-state index contributed by atoms with van der Waals surface area (Å²) in [5.74, 6) is 0.0648. The fraction of sp³-hybridized carbons (Fsp3) is 0.909. The number of ether oxygens (including phenoxy) is 2. The van der Waals surface area contributed by atoms with Crippen LogP contribution in [-0.2, 0) is 9.47 Å². The summed E-state index contributed by atoms with van der Waals surface area (Å²) >= 11 is 0. The second kappa shape index (κ2) is 3.89. The molecule has 0 aromatic carbocycles. The number of morpholine rings is 1. The highest BCUT2D eigenvalue weighted by Gasteiger charge is 2.58. The summed E-state index contributed by atoms with van der Waals surface area (Å²) in [6.07, 6.45) is -0.298. The first-order valence-electron chi connectivity index (χ1n) is 5.66. The summed E-state index contributed by atoms with van der Waals surface area (Å²) < 4.78 is 10.8. The first-order chi connectivity index (χ1) is 7.44. The van der Waals surface area contributed by atoms with Gasteiger partial charge in [0.25, 0.3) is 0 Å². The maximum Gasteiger partial charge on any atom is 0.410 e. The molecule has 2 rings (SSSR count). The van der Waals surface area contributed by atoms with Crippen LogP contribution in [0.5, 0.6) is 0 Å². The zero-order chi connectivity index (χ0) is 11.9. The monoisotopic (exact) mass is 229 g/mol. The Balaban J connectivity index is 1.97. The predicted octanol–water partition coefficient (Wildman–Crippen LogP) is 0.613. The standard InChI is InChI=1S/C11H19NO4/c1-11(2,3)16-10(14)12-4-5-15-9-7(6-13)8(9)12/h7-9,13H,4-6H2,1-3H3. The number of aliphatic hydroxyl groups is 1. The van der Waals surface area contributed by atoms with E-state index in [0.717, 1.165) is 0 Å². The minimum atomic E-state index is -0.478. The van der Waals surface area contributed by atoms with Crippen molar-refractivity contribution in [1.29, 1.82) is 0 Å². The summed E-state index contributed by atoms with van der Waals surface area (Å²) in [7, 11) is 0. The summed E-state index contributed by atoms with van der Waals surface area (Å²) in [6, 6.07) is 0.00796. The Morgan fingerprint density at radius 2 is 2.25 bits per heavy atom. The smallest absolute Gasteiger partial charge is 0.410 e. The van der Waals surface area contributed by atoms with Crippen LogP contribution in [0.2, 0.25) is 0 Å². The molecule has 3 atom stereocenters. The van der Waals surface area contributed by atoms with Crippen LogP contribution in [0, 0.1) is 5.92 Å². The minimum Gasteiger partial charge on any atom is -0.444 e. The van der Waals surface area contributed by atoms with Gasteiger partial charge in [0.2, 0.25) is 0 Å². The predicted molar refractivity (Wildman–Crippen MR) is 57.0 cm³/mol. The van der Waals surface area contributed by atoms with E-state index < -0.39 is 5.60 Å². The average molecular weight is 229 g/mol. The molecule has 5 heteroatoms. The van der Waals surface area contributed by atoms with E-state index in [1.54, 1.807) is 4.90 Å². The van der Waals surface area contributed by atoms with Gasteiger partial charge in [0, 0.05) is 12.5 Å². The molecule has 1 amide bonds. The Kier molecular flexibility index (Phi) is 2.84. The normalized spacial score (nSPS) is 33.2. The van der Waals surface area contributed by atoms with Crippen LogP contribution in [0.1, 0.15) is 20.8 Å². The molecule has 1 saturated carbocycles. The molecular weight excluding hydrogens is 210 g/mol. The molecule has 1 saturated heterocycles. The van der Waals surface area contributed by atoms with E-state index in [4.69, 9.17) is 14.6 Å². The van der Waals surface area contributed by atoms with Crippen molar-refractivity contribution in [2.24, 2.45) is 5.92 Å². The van der Waals surface area contributed by atoms with Crippen molar-refractivity contribution in [1.82, 2.24) is 4.90 Å². The molecule has 0 aromatic heterocycles. The van der Waals surface area contributed by atoms with Crippen molar-refractivity contribution >= 4 is 6.09 Å². The molecule has 5 nitrogen and oxygen atoms in total. The highest BCUT2D eigenvalue weighted by atomic mass is 16.6. The maximum atomic E-state index is 11.9. The third-order valence-electron chi connectivity index (χ3n) is 2.90. The van der Waals surface area contributed by atoms with Gasteiger partial charge in [-0.15, -0.1) is 0 Å². The molecule has 0 bridgehead atoms. The Bertz CT molecular complexity index is 282. The van der Waals surface area contributed by atoms with Gasteiger partial charge in [0.05, 0.1) is 25.4 Å². The van der Waals surface area contributed by atoms with Gasteiger partial charge >= 0.3 is 6.09 Å². The first kappa shape index (κ1) is 11.7. The number of carbonyl (C=O) groups is 1. The van der Waals surface area contributed by atoms with Crippen LogP contribution in [0.25, 0.3) is 0 Å². The van der Waals surface area contributed by atoms with Gasteiger partial charge in [-0.2, -0.15) is 0 Å². The second-order valence-electron chi connectivity index (χ2n) is 5.35. The fourth-order valence-corrected chi connectivity index (χ4v) is 2.14. The fourth-order valence-electron chi connectivity index (χ4n) is 2.14. The Morgan fingerprint density at radius 1 is 1.56 bits per heavy atom. The van der Waals surface area contributed by atoms with E-state index in [1.807, 2.05) is 20.8 Å². The van der Waals surface area contributed by atoms with Gasteiger partial charge in [-0.3, -0.25) is 4.90 Å². The zero-order valence-corrected chi connectivity index (χ0v) is 9.97. The number of nitrogens with zero attached hydrogens (tertiary/aromatic N) is 1. The van der Waals surface area contributed by atoms with Crippen LogP contribution in [-0.4, -0.2) is 53.6 Å². The molecule has 1 heterocycles. The molecule has 16 heavy (non-hydrogen) atoms. The molecular formula is C11H19NO4. The number of carbonyl (C=O) groups excluding carboxylic acids is 1. The van der Waals surface area contributed by atoms with Crippen molar-refractivity contribution in [3.05, 3.63) is 0 Å². The molecule has 2 fully saturated rings. The van der Waals surface area contributed by atoms with E-state index in [9.17, 15) is 4.79 Å². The first-order valence-corrected chi connectivity index (χ1v) is 5.66. The van der Waals surface area contributed by atoms with Gasteiger partial charge in [-0.05, 0) is 20.8 Å². The summed E-state index contributed by atoms with van der Waals surface area (Å²) in [6.45, 7) is 6.68. The molecule has 0 radical (unpaired) electrons. The van der Waals surface area contributed by atoms with Crippen molar-refractivity contribution in [3.8, 4) is 0 Å². The highest BCUT2D eigenvalue weighted by Crippen LogP contribution is 2.41. The molecule has 0 spiro atoms. The summed E-state index contributed by atoms with van der Waals surface area (Å²) in [5, 5.41) is 9.11. The molecule has 3 unspecified atom stereocenters. The highest BCUT2D eigenvalue weighted by molar-refractivity contribution is 5.69. The lowest BCUT2D eigenvalue weighted by atomic mass is 10.2. The molecule has 0 aromatic rings. The number of hydrogen-bond donors (Lipinski definition) is 1. The molecule has 1 aliphatic heterocycles. The van der Waals surface area contributed by atoms with E-state index in [2.05, 4.69) is 0 Å². The van der Waals surface area contributed by atoms with Gasteiger partial charge in [0.15, 0.2) is 0 Å². The van der Waals surface area contributed by atoms with Gasteiger partial charge in [0.1, 0.15) is 5.60 Å². The van der Waals surface area contributed by atoms with E-state index in [0.29, 0.717) is 13.2 Å². The van der Waals surface area contributed by atoms with Gasteiger partial charge < -0.3 is 14.6 Å². The van der Waals surface area contributed by atoms with Crippen molar-refractivity contribution in [3.63, 3.8) is 0 Å². The maximum absolute atomic E-state index is 11.9. The third kappa shape index (κ3) is 2.15. The molecule has 1 N–H and O–H groups in total. The number of rotatable bonds is 1. The topological polar surface area (TPSA) is 59.0 Å². The SMILES string of the molecule is CC(C)(C)OC(=O)N1CCOC2C(CO)C21. The second-order valence-corrected chi connectivity index (χ2v) is 5.35. The van der Waals surface area contributed by atoms with E-state index in [-0.39, 0.29) is 30.8 Å². The zero-order valence-electron chi connectivity index (χ0n) is 9.97. The van der Waals surface area contributed by atoms with E-state index in [1.165, 1.54) is 0 Å². The van der Waals surface area contributed by atoms with Crippen molar-refractivity contribution in [2.45, 2.75) is 38.5 Å². The minimum absolute atomic E-state index is 0.00580.